The second-order valence-electron chi connectivity index (χ2n) is 46.4. The maximum Gasteiger partial charge on any atom is 0.252 e. The second-order valence-corrected chi connectivity index (χ2v) is 46.4. The smallest absolute Gasteiger partial charge is 0.252 e. The van der Waals surface area contributed by atoms with E-state index in [0.717, 1.165) is 112 Å². The molecular weight excluding hydrogens is 1450 g/mol. The molecule has 0 bridgehead atoms. The lowest BCUT2D eigenvalue weighted by Crippen LogP contribution is -2.61. The van der Waals surface area contributed by atoms with Crippen LogP contribution >= 0.6 is 0 Å². The van der Waals surface area contributed by atoms with Crippen molar-refractivity contribution in [1.82, 2.24) is 4.57 Å². The highest BCUT2D eigenvalue weighted by molar-refractivity contribution is 7.00. The summed E-state index contributed by atoms with van der Waals surface area (Å²) in [6.07, 6.45) is 0. The van der Waals surface area contributed by atoms with Crippen LogP contribution in [-0.4, -0.2) is 11.3 Å². The van der Waals surface area contributed by atoms with Gasteiger partial charge in [0.15, 0.2) is 0 Å². The van der Waals surface area contributed by atoms with Crippen molar-refractivity contribution >= 4 is 79.0 Å². The van der Waals surface area contributed by atoms with Crippen molar-refractivity contribution in [3.8, 4) is 61.3 Å². The molecule has 3 nitrogen and oxygen atoms in total. The second kappa shape index (κ2) is 28.9. The fourth-order valence-electron chi connectivity index (χ4n) is 18.3. The molecule has 0 unspecified atom stereocenters. The minimum absolute atomic E-state index is 0.0193. The number of rotatable bonds is 8. The molecule has 0 fully saturated rings. The van der Waals surface area contributed by atoms with Crippen molar-refractivity contribution in [3.63, 3.8) is 0 Å². The first-order valence-electron chi connectivity index (χ1n) is 47.9. The van der Waals surface area contributed by atoms with Crippen LogP contribution in [0.2, 0.25) is 0 Å². The lowest BCUT2D eigenvalue weighted by Gasteiger charge is -2.47. The van der Waals surface area contributed by atoms with E-state index in [4.69, 9.17) is 0 Å². The number of hydrogen-bond acceptors (Lipinski definition) is 2. The SMILES string of the molecule is [2H]c1c([2H])c([2H])c2c(c1[2H])c1c([2H])c([2H])c([2H])c([2H])c1n2-c1ccc2c(c1)N(c1c(-c3ccccc3C(C)(C)C)cc(C(C)(C)C)cc1-c1ccc(C(C)(C)C)cc1C(C)(C)C)c1cc(C(C)(C)C)cc3c1B2c1ccc(-c2cc(C(C)(C)C)cc(C(C)(C)C)c2)cc1N3c1c(-c2ccc(C(C)(C)C)cc2)cc(C(C)(C)C)cc1-c1cc(C(C)(C)C)ccc1C(C)(C)C. The third kappa shape index (κ3) is 15.5. The molecule has 3 heterocycles. The Morgan fingerprint density at radius 3 is 1.09 bits per heavy atom. The third-order valence-electron chi connectivity index (χ3n) is 25.7. The molecule has 13 aromatic rings. The number of aromatic nitrogens is 1. The fraction of sp³-hybridized carbons (Fsp3) is 0.379. The predicted octanol–water partition coefficient (Wildman–Crippen LogP) is 31.5. The zero-order valence-electron chi connectivity index (χ0n) is 86.7. The zero-order chi connectivity index (χ0) is 94.1. The highest BCUT2D eigenvalue weighted by atomic mass is 15.2. The Balaban J connectivity index is 1.25. The van der Waals surface area contributed by atoms with Crippen molar-refractivity contribution in [1.29, 1.82) is 0 Å². The molecule has 1 aromatic heterocycles. The molecule has 618 valence electrons. The topological polar surface area (TPSA) is 11.4 Å². The largest absolute Gasteiger partial charge is 0.310 e. The van der Waals surface area contributed by atoms with Crippen LogP contribution in [0, 0.1) is 0 Å². The van der Waals surface area contributed by atoms with Crippen LogP contribution in [0.1, 0.15) is 301 Å². The van der Waals surface area contributed by atoms with Crippen LogP contribution in [0.25, 0.3) is 83.1 Å². The number of anilines is 6. The molecule has 0 amide bonds. The van der Waals surface area contributed by atoms with Crippen molar-refractivity contribution in [3.05, 3.63) is 285 Å². The molecule has 15 rings (SSSR count). The van der Waals surface area contributed by atoms with Crippen LogP contribution in [0.4, 0.5) is 34.1 Å². The lowest BCUT2D eigenvalue weighted by molar-refractivity contribution is 0.568. The number of para-hydroxylation sites is 2. The van der Waals surface area contributed by atoms with Gasteiger partial charge in [-0.1, -0.05) is 386 Å². The van der Waals surface area contributed by atoms with E-state index in [1.54, 1.807) is 4.57 Å². The highest BCUT2D eigenvalue weighted by Gasteiger charge is 2.48. The Bertz CT molecular complexity index is 6620. The highest BCUT2D eigenvalue weighted by Crippen LogP contribution is 2.58. The summed E-state index contributed by atoms with van der Waals surface area (Å²) in [6, 6.07) is 65.7. The maximum absolute atomic E-state index is 10.1. The lowest BCUT2D eigenvalue weighted by atomic mass is 9.33. The molecule has 0 saturated heterocycles. The monoisotopic (exact) mass is 1590 g/mol. The fourth-order valence-corrected chi connectivity index (χ4v) is 18.3. The molecule has 0 N–H and O–H groups in total. The summed E-state index contributed by atoms with van der Waals surface area (Å²) in [7, 11) is 0. The van der Waals surface area contributed by atoms with E-state index in [9.17, 15) is 11.0 Å². The molecule has 2 aliphatic heterocycles. The summed E-state index contributed by atoms with van der Waals surface area (Å²) in [6.45, 7) is 76.4. The summed E-state index contributed by atoms with van der Waals surface area (Å²) >= 11 is 0. The Kier molecular flexibility index (Phi) is 18.1. The summed E-state index contributed by atoms with van der Waals surface area (Å²) in [5.41, 5.74) is 30.1. The quantitative estimate of drug-likeness (QED) is 0.141. The molecule has 0 atom stereocenters. The van der Waals surface area contributed by atoms with Gasteiger partial charge in [-0.05, 0) is 237 Å². The van der Waals surface area contributed by atoms with Crippen LogP contribution in [0.15, 0.2) is 224 Å². The minimum Gasteiger partial charge on any atom is -0.310 e. The van der Waals surface area contributed by atoms with Crippen molar-refractivity contribution in [2.24, 2.45) is 0 Å². The van der Waals surface area contributed by atoms with Gasteiger partial charge in [-0.25, -0.2) is 0 Å². The van der Waals surface area contributed by atoms with E-state index in [2.05, 4.69) is 408 Å². The number of nitrogens with zero attached hydrogens (tertiary/aromatic N) is 3. The van der Waals surface area contributed by atoms with Gasteiger partial charge in [0, 0.05) is 61.5 Å². The zero-order valence-corrected chi connectivity index (χ0v) is 78.7. The van der Waals surface area contributed by atoms with E-state index in [0.29, 0.717) is 5.69 Å². The number of hydrogen-bond donors (Lipinski definition) is 0. The molecular formula is C116H136BN3. The Morgan fingerprint density at radius 1 is 0.242 bits per heavy atom. The van der Waals surface area contributed by atoms with Crippen LogP contribution in [0.3, 0.4) is 0 Å². The predicted molar refractivity (Wildman–Crippen MR) is 528 cm³/mol. The number of benzene rings is 12. The standard InChI is InChI=1S/C116H136BN3/c1-106(2,3)74-49-46-71(47-50-74)87-63-79(111(16,17)18)66-91(88-62-75(107(4,5)6)52-55-93(88)115(28,29)30)104(87)119-99-60-72(73-58-77(109(10,11)12)61-78(59-73)110(13,14)15)48-56-95(99)117-96-57-53-82(118-97-44-38-35-41-85(97)86-42-36-39-45-98(86)118)70-100(96)120(102-69-81(113(22,23)24)68-101(119)103(102)117)105-89(83-40-34-37-43-92(83)114(25,26)27)64-80(112(19,20)21)65-90(105)84-54-51-76(108(7,8)9)67-94(84)116(31,32)33/h34-70H,1-33H3/i35D,36D,38D,39D,41D,42D,44D,45D. The van der Waals surface area contributed by atoms with Gasteiger partial charge in [0.2, 0.25) is 0 Å². The molecule has 0 aliphatic carbocycles. The molecule has 0 saturated carbocycles. The van der Waals surface area contributed by atoms with E-state index in [1.165, 1.54) is 55.6 Å². The normalized spacial score (nSPS) is 14.9. The van der Waals surface area contributed by atoms with E-state index >= 15 is 0 Å². The third-order valence-corrected chi connectivity index (χ3v) is 25.7. The summed E-state index contributed by atoms with van der Waals surface area (Å²) in [4.78, 5) is 5.32. The summed E-state index contributed by atoms with van der Waals surface area (Å²) in [5, 5.41) is 0.0386. The van der Waals surface area contributed by atoms with Gasteiger partial charge in [-0.2, -0.15) is 0 Å². The average molecular weight is 1590 g/mol. The Labute approximate surface area is 734 Å². The Hall–Kier alpha value is -9.90. The first-order chi connectivity index (χ1) is 58.8. The molecule has 4 heteroatoms. The summed E-state index contributed by atoms with van der Waals surface area (Å²) in [5.74, 6) is 0. The first-order valence-corrected chi connectivity index (χ1v) is 43.9. The van der Waals surface area contributed by atoms with Gasteiger partial charge in [0.05, 0.1) is 33.4 Å². The van der Waals surface area contributed by atoms with Gasteiger partial charge >= 0.3 is 0 Å². The number of fused-ring (bicyclic) bond motifs is 7. The average Bonchev–Trinajstić information content (AvgIpc) is 0.881. The minimum atomic E-state index is -0.539. The van der Waals surface area contributed by atoms with Gasteiger partial charge in [-0.15, -0.1) is 0 Å². The molecule has 0 spiro atoms. The first kappa shape index (κ1) is 75.1. The van der Waals surface area contributed by atoms with Crippen LogP contribution in [0.5, 0.6) is 0 Å². The van der Waals surface area contributed by atoms with Crippen LogP contribution in [-0.2, 0) is 59.6 Å². The van der Waals surface area contributed by atoms with Crippen molar-refractivity contribution in [2.45, 2.75) is 288 Å². The van der Waals surface area contributed by atoms with Gasteiger partial charge < -0.3 is 14.4 Å². The van der Waals surface area contributed by atoms with Crippen molar-refractivity contribution < 1.29 is 11.0 Å². The van der Waals surface area contributed by atoms with E-state index in [-0.39, 0.29) is 89.3 Å². The van der Waals surface area contributed by atoms with Gasteiger partial charge in [0.25, 0.3) is 6.71 Å². The van der Waals surface area contributed by atoms with Gasteiger partial charge in [-0.3, -0.25) is 0 Å². The van der Waals surface area contributed by atoms with E-state index in [1.807, 2.05) is 6.07 Å². The molecule has 2 aliphatic rings. The maximum atomic E-state index is 10.1. The van der Waals surface area contributed by atoms with Gasteiger partial charge in [0.1, 0.15) is 0 Å². The summed E-state index contributed by atoms with van der Waals surface area (Å²) < 4.78 is 79.3. The molecule has 120 heavy (non-hydrogen) atoms. The molecule has 0 radical (unpaired) electrons. The Morgan fingerprint density at radius 2 is 0.608 bits per heavy atom. The van der Waals surface area contributed by atoms with Crippen molar-refractivity contribution in [2.75, 3.05) is 9.80 Å². The molecule has 12 aromatic carbocycles. The van der Waals surface area contributed by atoms with Crippen LogP contribution < -0.4 is 26.2 Å². The van der Waals surface area contributed by atoms with E-state index < -0.39 is 47.1 Å².